The number of benzene rings is 2. The highest BCUT2D eigenvalue weighted by Gasteiger charge is 2.20. The van der Waals surface area contributed by atoms with E-state index in [0.717, 1.165) is 55.4 Å². The smallest absolute Gasteiger partial charge is 0.248 e. The Kier molecular flexibility index (Phi) is 4.44. The molecule has 0 aliphatic heterocycles. The second-order valence-corrected chi connectivity index (χ2v) is 8.45. The van der Waals surface area contributed by atoms with Crippen molar-refractivity contribution >= 4 is 27.5 Å². The summed E-state index contributed by atoms with van der Waals surface area (Å²) >= 11 is 1.61. The Bertz CT molecular complexity index is 1440. The Morgan fingerprint density at radius 2 is 1.90 bits per heavy atom. The van der Waals surface area contributed by atoms with Crippen LogP contribution in [0.1, 0.15) is 21.5 Å². The molecule has 3 N–H and O–H groups in total. The van der Waals surface area contributed by atoms with Crippen molar-refractivity contribution in [3.63, 3.8) is 0 Å². The van der Waals surface area contributed by atoms with Crippen LogP contribution in [0.3, 0.4) is 0 Å². The maximum Gasteiger partial charge on any atom is 0.248 e. The first-order valence-electron chi connectivity index (χ1n) is 9.76. The summed E-state index contributed by atoms with van der Waals surface area (Å²) in [5.41, 5.74) is 15.1. The number of fused-ring (bicyclic) bond motifs is 1. The van der Waals surface area contributed by atoms with Crippen molar-refractivity contribution < 1.29 is 4.79 Å². The van der Waals surface area contributed by atoms with Crippen LogP contribution in [0.15, 0.2) is 48.1 Å². The molecule has 0 saturated carbocycles. The number of H-pyrrole nitrogens is 1. The van der Waals surface area contributed by atoms with Gasteiger partial charge >= 0.3 is 0 Å². The summed E-state index contributed by atoms with van der Waals surface area (Å²) in [4.78, 5) is 24.5. The number of amides is 1. The van der Waals surface area contributed by atoms with E-state index in [-0.39, 0.29) is 0 Å². The van der Waals surface area contributed by atoms with E-state index in [9.17, 15) is 4.79 Å². The molecular formula is C23H20N6OS. The molecule has 5 aromatic rings. The topological polar surface area (TPSA) is 102 Å². The number of aromatic amines is 1. The fourth-order valence-electron chi connectivity index (χ4n) is 3.92. The molecule has 0 bridgehead atoms. The van der Waals surface area contributed by atoms with E-state index >= 15 is 0 Å². The van der Waals surface area contributed by atoms with Gasteiger partial charge in [0.05, 0.1) is 21.4 Å². The van der Waals surface area contributed by atoms with Gasteiger partial charge in [0.25, 0.3) is 0 Å². The van der Waals surface area contributed by atoms with Crippen LogP contribution in [0, 0.1) is 13.8 Å². The number of carbonyl (C=O) groups is 1. The second kappa shape index (κ2) is 7.17. The summed E-state index contributed by atoms with van der Waals surface area (Å²) in [6.45, 7) is 3.92. The van der Waals surface area contributed by atoms with Gasteiger partial charge in [-0.1, -0.05) is 6.07 Å². The number of hydrogen-bond donors (Lipinski definition) is 2. The summed E-state index contributed by atoms with van der Waals surface area (Å²) in [6, 6.07) is 11.7. The summed E-state index contributed by atoms with van der Waals surface area (Å²) in [6.07, 6.45) is 1.90. The molecule has 3 aromatic heterocycles. The van der Waals surface area contributed by atoms with Crippen LogP contribution in [-0.4, -0.2) is 30.6 Å². The van der Waals surface area contributed by atoms with Crippen molar-refractivity contribution in [2.24, 2.45) is 12.8 Å². The molecule has 5 rings (SSSR count). The van der Waals surface area contributed by atoms with E-state index in [1.54, 1.807) is 28.2 Å². The van der Waals surface area contributed by atoms with Gasteiger partial charge in [0.15, 0.2) is 0 Å². The standard InChI is InChI=1S/C23H20N6OS/c1-12-8-15(22(24)30)9-13(2)19(12)23-26-20(21(27-23)17-6-7-29(3)28-17)14-4-5-16-18(10-14)31-11-25-16/h4-11H,1-3H3,(H2,24,30)(H,26,27). The van der Waals surface area contributed by atoms with Crippen LogP contribution >= 0.6 is 11.3 Å². The summed E-state index contributed by atoms with van der Waals surface area (Å²) in [5, 5.41) is 4.57. The van der Waals surface area contributed by atoms with Crippen LogP contribution in [0.4, 0.5) is 0 Å². The van der Waals surface area contributed by atoms with Gasteiger partial charge in [-0.15, -0.1) is 11.3 Å². The number of primary amides is 1. The third-order valence-corrected chi connectivity index (χ3v) is 6.13. The predicted octanol–water partition coefficient (Wildman–Crippen LogP) is 4.47. The summed E-state index contributed by atoms with van der Waals surface area (Å²) < 4.78 is 2.87. The molecule has 0 aliphatic carbocycles. The lowest BCUT2D eigenvalue weighted by Gasteiger charge is -2.09. The van der Waals surface area contributed by atoms with Gasteiger partial charge in [-0.2, -0.15) is 5.10 Å². The van der Waals surface area contributed by atoms with Gasteiger partial charge in [-0.3, -0.25) is 9.48 Å². The fourth-order valence-corrected chi connectivity index (χ4v) is 4.63. The van der Waals surface area contributed by atoms with Crippen molar-refractivity contribution in [3.8, 4) is 34.0 Å². The zero-order valence-corrected chi connectivity index (χ0v) is 18.1. The number of nitrogens with one attached hydrogen (secondary N) is 1. The highest BCUT2D eigenvalue weighted by molar-refractivity contribution is 7.16. The average Bonchev–Trinajstić information content (AvgIpc) is 3.45. The minimum Gasteiger partial charge on any atom is -0.366 e. The van der Waals surface area contributed by atoms with Crippen LogP contribution in [0.5, 0.6) is 0 Å². The van der Waals surface area contributed by atoms with Crippen LogP contribution in [-0.2, 0) is 7.05 Å². The molecule has 7 nitrogen and oxygen atoms in total. The number of nitrogens with two attached hydrogens (primary N) is 1. The Balaban J connectivity index is 1.73. The third kappa shape index (κ3) is 3.30. The van der Waals surface area contributed by atoms with Gasteiger partial charge in [-0.05, 0) is 55.3 Å². The van der Waals surface area contributed by atoms with Crippen molar-refractivity contribution in [2.75, 3.05) is 0 Å². The molecule has 0 atom stereocenters. The van der Waals surface area contributed by atoms with Gasteiger partial charge in [0.1, 0.15) is 17.2 Å². The zero-order valence-electron chi connectivity index (χ0n) is 17.3. The molecule has 0 fully saturated rings. The average molecular weight is 429 g/mol. The number of rotatable bonds is 4. The molecule has 8 heteroatoms. The van der Waals surface area contributed by atoms with E-state index in [0.29, 0.717) is 5.56 Å². The summed E-state index contributed by atoms with van der Waals surface area (Å²) in [7, 11) is 1.89. The Labute approximate surface area is 182 Å². The van der Waals surface area contributed by atoms with Crippen LogP contribution in [0.25, 0.3) is 44.2 Å². The van der Waals surface area contributed by atoms with Crippen LogP contribution < -0.4 is 5.73 Å². The molecule has 1 amide bonds. The monoisotopic (exact) mass is 428 g/mol. The first-order valence-corrected chi connectivity index (χ1v) is 10.6. The van der Waals surface area contributed by atoms with E-state index < -0.39 is 5.91 Å². The molecule has 3 heterocycles. The van der Waals surface area contributed by atoms with Crippen molar-refractivity contribution in [2.45, 2.75) is 13.8 Å². The number of aromatic nitrogens is 5. The maximum absolute atomic E-state index is 11.7. The predicted molar refractivity (Wildman–Crippen MR) is 123 cm³/mol. The largest absolute Gasteiger partial charge is 0.366 e. The Morgan fingerprint density at radius 3 is 2.58 bits per heavy atom. The van der Waals surface area contributed by atoms with E-state index in [1.165, 1.54) is 0 Å². The zero-order chi connectivity index (χ0) is 21.7. The van der Waals surface area contributed by atoms with Gasteiger partial charge in [-0.25, -0.2) is 9.97 Å². The molecular weight excluding hydrogens is 408 g/mol. The fraction of sp³-hybridized carbons (Fsp3) is 0.130. The number of aryl methyl sites for hydroxylation is 3. The molecule has 31 heavy (non-hydrogen) atoms. The van der Waals surface area contributed by atoms with E-state index in [1.807, 2.05) is 50.8 Å². The molecule has 0 aliphatic rings. The number of carbonyl (C=O) groups excluding carboxylic acids is 1. The molecule has 0 radical (unpaired) electrons. The van der Waals surface area contributed by atoms with E-state index in [4.69, 9.17) is 10.7 Å². The van der Waals surface area contributed by atoms with Crippen molar-refractivity contribution in [3.05, 3.63) is 64.8 Å². The minimum atomic E-state index is -0.440. The normalized spacial score (nSPS) is 11.3. The minimum absolute atomic E-state index is 0.440. The van der Waals surface area contributed by atoms with Crippen molar-refractivity contribution in [1.82, 2.24) is 24.7 Å². The van der Waals surface area contributed by atoms with Crippen LogP contribution in [0.2, 0.25) is 0 Å². The lowest BCUT2D eigenvalue weighted by molar-refractivity contribution is 0.1000. The third-order valence-electron chi connectivity index (χ3n) is 5.33. The Morgan fingerprint density at radius 1 is 1.13 bits per heavy atom. The lowest BCUT2D eigenvalue weighted by Crippen LogP contribution is -2.11. The maximum atomic E-state index is 11.7. The molecule has 154 valence electrons. The number of thiazole rings is 1. The van der Waals surface area contributed by atoms with E-state index in [2.05, 4.69) is 21.1 Å². The quantitative estimate of drug-likeness (QED) is 0.441. The number of hydrogen-bond acceptors (Lipinski definition) is 5. The SMILES string of the molecule is Cc1cc(C(N)=O)cc(C)c1-c1nc(-c2ccn(C)n2)c(-c2ccc3ncsc3c2)[nH]1. The highest BCUT2D eigenvalue weighted by Crippen LogP contribution is 2.36. The molecule has 0 spiro atoms. The van der Waals surface area contributed by atoms with Crippen molar-refractivity contribution in [1.29, 1.82) is 0 Å². The number of nitrogens with zero attached hydrogens (tertiary/aromatic N) is 4. The molecule has 0 saturated heterocycles. The van der Waals surface area contributed by atoms with Gasteiger partial charge < -0.3 is 10.7 Å². The highest BCUT2D eigenvalue weighted by atomic mass is 32.1. The molecule has 0 unspecified atom stereocenters. The second-order valence-electron chi connectivity index (χ2n) is 7.57. The lowest BCUT2D eigenvalue weighted by atomic mass is 9.98. The summed E-state index contributed by atoms with van der Waals surface area (Å²) in [5.74, 6) is 0.288. The Hall–Kier alpha value is -3.78. The van der Waals surface area contributed by atoms with Gasteiger partial charge in [0.2, 0.25) is 5.91 Å². The van der Waals surface area contributed by atoms with Gasteiger partial charge in [0, 0.05) is 29.9 Å². The first kappa shape index (κ1) is 19.2. The first-order chi connectivity index (χ1) is 14.9. The number of imidazole rings is 1. The molecule has 2 aromatic carbocycles.